The first-order chi connectivity index (χ1) is 9.99. The normalized spacial score (nSPS) is 10.2. The summed E-state index contributed by atoms with van der Waals surface area (Å²) in [5, 5.41) is 14.3. The molecule has 6 heteroatoms. The summed E-state index contributed by atoms with van der Waals surface area (Å²) in [7, 11) is 0. The van der Waals surface area contributed by atoms with Crippen LogP contribution < -0.4 is 5.32 Å². The van der Waals surface area contributed by atoms with E-state index in [1.807, 2.05) is 12.1 Å². The van der Waals surface area contributed by atoms with Crippen LogP contribution in [0.15, 0.2) is 42.5 Å². The van der Waals surface area contributed by atoms with Gasteiger partial charge in [-0.3, -0.25) is 14.9 Å². The lowest BCUT2D eigenvalue weighted by Gasteiger charge is -2.07. The fraction of sp³-hybridized carbons (Fsp3) is 0.133. The molecule has 0 saturated heterocycles. The molecule has 5 nitrogen and oxygen atoms in total. The molecule has 2 aromatic rings. The van der Waals surface area contributed by atoms with E-state index in [-0.39, 0.29) is 17.2 Å². The largest absolute Gasteiger partial charge is 0.322 e. The van der Waals surface area contributed by atoms with Crippen molar-refractivity contribution in [3.05, 3.63) is 69.3 Å². The molecule has 0 saturated carbocycles. The van der Waals surface area contributed by atoms with Gasteiger partial charge in [-0.1, -0.05) is 28.1 Å². The van der Waals surface area contributed by atoms with Gasteiger partial charge in [0.1, 0.15) is 0 Å². The number of non-ortho nitro benzene ring substituents is 1. The zero-order valence-corrected chi connectivity index (χ0v) is 12.9. The Labute approximate surface area is 130 Å². The summed E-state index contributed by atoms with van der Waals surface area (Å²) in [6.45, 7) is 1.72. The minimum atomic E-state index is -0.505. The van der Waals surface area contributed by atoms with E-state index in [1.54, 1.807) is 25.1 Å². The number of nitro groups is 1. The van der Waals surface area contributed by atoms with Gasteiger partial charge < -0.3 is 5.32 Å². The predicted molar refractivity (Wildman–Crippen MR) is 84.9 cm³/mol. The standard InChI is InChI=1S/C15H13BrN2O3/c1-10-6-12(8-14(7-10)18(20)21)15(19)17-13-4-2-11(9-16)3-5-13/h2-8H,9H2,1H3,(H,17,19). The van der Waals surface area contributed by atoms with Crippen LogP contribution >= 0.6 is 15.9 Å². The van der Waals surface area contributed by atoms with E-state index in [2.05, 4.69) is 21.2 Å². The van der Waals surface area contributed by atoms with Crippen molar-refractivity contribution in [2.45, 2.75) is 12.3 Å². The number of hydrogen-bond donors (Lipinski definition) is 1. The van der Waals surface area contributed by atoms with Gasteiger partial charge in [0.15, 0.2) is 0 Å². The lowest BCUT2D eigenvalue weighted by atomic mass is 10.1. The minimum absolute atomic E-state index is 0.0882. The molecule has 2 aromatic carbocycles. The number of nitrogens with zero attached hydrogens (tertiary/aromatic N) is 1. The highest BCUT2D eigenvalue weighted by Gasteiger charge is 2.13. The van der Waals surface area contributed by atoms with Crippen LogP contribution in [0.25, 0.3) is 0 Å². The quantitative estimate of drug-likeness (QED) is 0.514. The molecule has 0 heterocycles. The molecule has 108 valence electrons. The molecule has 0 unspecified atom stereocenters. The summed E-state index contributed by atoms with van der Waals surface area (Å²) in [4.78, 5) is 22.5. The summed E-state index contributed by atoms with van der Waals surface area (Å²) in [6, 6.07) is 11.7. The third-order valence-corrected chi connectivity index (χ3v) is 3.55. The Morgan fingerprint density at radius 1 is 1.24 bits per heavy atom. The zero-order valence-electron chi connectivity index (χ0n) is 11.3. The highest BCUT2D eigenvalue weighted by atomic mass is 79.9. The molecule has 0 aliphatic heterocycles. The number of nitro benzene ring substituents is 1. The first-order valence-electron chi connectivity index (χ1n) is 6.22. The van der Waals surface area contributed by atoms with E-state index in [0.717, 1.165) is 10.9 Å². The molecule has 0 spiro atoms. The maximum atomic E-state index is 12.2. The van der Waals surface area contributed by atoms with Gasteiger partial charge in [-0.05, 0) is 36.2 Å². The van der Waals surface area contributed by atoms with Gasteiger partial charge in [0.2, 0.25) is 0 Å². The molecule has 0 radical (unpaired) electrons. The average molecular weight is 349 g/mol. The Morgan fingerprint density at radius 2 is 1.90 bits per heavy atom. The Hall–Kier alpha value is -2.21. The van der Waals surface area contributed by atoms with Crippen molar-refractivity contribution in [2.75, 3.05) is 5.32 Å². The summed E-state index contributed by atoms with van der Waals surface area (Å²) < 4.78 is 0. The van der Waals surface area contributed by atoms with Gasteiger partial charge in [-0.25, -0.2) is 0 Å². The zero-order chi connectivity index (χ0) is 15.4. The molecule has 0 aromatic heterocycles. The van der Waals surface area contributed by atoms with Crippen LogP contribution in [0.5, 0.6) is 0 Å². The van der Waals surface area contributed by atoms with Crippen LogP contribution in [0.4, 0.5) is 11.4 Å². The number of amides is 1. The van der Waals surface area contributed by atoms with Crippen LogP contribution in [0.3, 0.4) is 0 Å². The number of halogens is 1. The van der Waals surface area contributed by atoms with Crippen LogP contribution in [0, 0.1) is 17.0 Å². The summed E-state index contributed by atoms with van der Waals surface area (Å²) in [6.07, 6.45) is 0. The molecule has 21 heavy (non-hydrogen) atoms. The smallest absolute Gasteiger partial charge is 0.270 e. The number of carbonyl (C=O) groups is 1. The van der Waals surface area contributed by atoms with Gasteiger partial charge in [0.25, 0.3) is 11.6 Å². The van der Waals surface area contributed by atoms with E-state index >= 15 is 0 Å². The Bertz CT molecular complexity index is 684. The molecular formula is C15H13BrN2O3. The first-order valence-corrected chi connectivity index (χ1v) is 7.34. The van der Waals surface area contributed by atoms with Crippen LogP contribution in [0.1, 0.15) is 21.5 Å². The maximum Gasteiger partial charge on any atom is 0.270 e. The van der Waals surface area contributed by atoms with Crippen molar-refractivity contribution >= 4 is 33.2 Å². The van der Waals surface area contributed by atoms with Crippen LogP contribution in [0.2, 0.25) is 0 Å². The molecule has 2 rings (SSSR count). The second-order valence-corrected chi connectivity index (χ2v) is 5.16. The second-order valence-electron chi connectivity index (χ2n) is 4.60. The van der Waals surface area contributed by atoms with Gasteiger partial charge >= 0.3 is 0 Å². The third kappa shape index (κ3) is 3.88. The predicted octanol–water partition coefficient (Wildman–Crippen LogP) is 4.05. The minimum Gasteiger partial charge on any atom is -0.322 e. The Morgan fingerprint density at radius 3 is 2.48 bits per heavy atom. The van der Waals surface area contributed by atoms with Crippen molar-refractivity contribution in [3.8, 4) is 0 Å². The lowest BCUT2D eigenvalue weighted by Crippen LogP contribution is -2.12. The van der Waals surface area contributed by atoms with E-state index in [0.29, 0.717) is 11.3 Å². The van der Waals surface area contributed by atoms with Gasteiger partial charge in [-0.15, -0.1) is 0 Å². The number of carbonyl (C=O) groups excluding carboxylic acids is 1. The van der Waals surface area contributed by atoms with Gasteiger partial charge in [-0.2, -0.15) is 0 Å². The lowest BCUT2D eigenvalue weighted by molar-refractivity contribution is -0.384. The van der Waals surface area contributed by atoms with E-state index < -0.39 is 4.92 Å². The van der Waals surface area contributed by atoms with Crippen molar-refractivity contribution in [2.24, 2.45) is 0 Å². The fourth-order valence-corrected chi connectivity index (χ4v) is 2.25. The Kier molecular flexibility index (Phi) is 4.70. The van der Waals surface area contributed by atoms with Gasteiger partial charge in [0, 0.05) is 28.7 Å². The highest BCUT2D eigenvalue weighted by Crippen LogP contribution is 2.18. The molecule has 0 atom stereocenters. The summed E-state index contributed by atoms with van der Waals surface area (Å²) in [5.41, 5.74) is 2.60. The first kappa shape index (κ1) is 15.2. The molecule has 1 N–H and O–H groups in total. The topological polar surface area (TPSA) is 72.2 Å². The average Bonchev–Trinajstić information content (AvgIpc) is 2.47. The van der Waals surface area contributed by atoms with Crippen molar-refractivity contribution in [3.63, 3.8) is 0 Å². The molecule has 0 fully saturated rings. The fourth-order valence-electron chi connectivity index (χ4n) is 1.88. The number of nitrogens with one attached hydrogen (secondary N) is 1. The second kappa shape index (κ2) is 6.49. The number of anilines is 1. The molecular weight excluding hydrogens is 336 g/mol. The maximum absolute atomic E-state index is 12.2. The van der Waals surface area contributed by atoms with E-state index in [4.69, 9.17) is 0 Å². The monoisotopic (exact) mass is 348 g/mol. The number of aryl methyl sites for hydroxylation is 1. The third-order valence-electron chi connectivity index (χ3n) is 2.90. The Balaban J connectivity index is 2.21. The highest BCUT2D eigenvalue weighted by molar-refractivity contribution is 9.08. The van der Waals surface area contributed by atoms with E-state index in [9.17, 15) is 14.9 Å². The molecule has 1 amide bonds. The van der Waals surface area contributed by atoms with Crippen molar-refractivity contribution < 1.29 is 9.72 Å². The van der Waals surface area contributed by atoms with E-state index in [1.165, 1.54) is 12.1 Å². The molecule has 0 aliphatic carbocycles. The molecule has 0 aliphatic rings. The number of benzene rings is 2. The number of rotatable bonds is 4. The molecule has 0 bridgehead atoms. The SMILES string of the molecule is Cc1cc(C(=O)Nc2ccc(CBr)cc2)cc([N+](=O)[O-])c1. The number of alkyl halides is 1. The number of hydrogen-bond acceptors (Lipinski definition) is 3. The van der Waals surface area contributed by atoms with Crippen molar-refractivity contribution in [1.29, 1.82) is 0 Å². The van der Waals surface area contributed by atoms with Crippen molar-refractivity contribution in [1.82, 2.24) is 0 Å². The summed E-state index contributed by atoms with van der Waals surface area (Å²) in [5.74, 6) is -0.367. The van der Waals surface area contributed by atoms with Crippen LogP contribution in [-0.4, -0.2) is 10.8 Å². The summed E-state index contributed by atoms with van der Waals surface area (Å²) >= 11 is 3.35. The van der Waals surface area contributed by atoms with Gasteiger partial charge in [0.05, 0.1) is 4.92 Å². The van der Waals surface area contributed by atoms with Crippen LogP contribution in [-0.2, 0) is 5.33 Å².